The lowest BCUT2D eigenvalue weighted by Crippen LogP contribution is -2.06. The molecule has 5 heteroatoms. The third kappa shape index (κ3) is 1.95. The van der Waals surface area contributed by atoms with Crippen LogP contribution in [0, 0.1) is 3.57 Å². The van der Waals surface area contributed by atoms with Crippen molar-refractivity contribution >= 4 is 33.6 Å². The number of rotatable bonds is 2. The number of halogens is 1. The average Bonchev–Trinajstić information content (AvgIpc) is 2.86. The van der Waals surface area contributed by atoms with Gasteiger partial charge in [0.15, 0.2) is 0 Å². The molecule has 1 aromatic carbocycles. The molecule has 2 heterocycles. The summed E-state index contributed by atoms with van der Waals surface area (Å²) in [5.74, 6) is 1.02. The molecule has 3 rings (SSSR count). The molecule has 0 saturated heterocycles. The zero-order chi connectivity index (χ0) is 11.8. The van der Waals surface area contributed by atoms with Crippen molar-refractivity contribution in [3.8, 4) is 0 Å². The smallest absolute Gasteiger partial charge is 0.131 e. The van der Waals surface area contributed by atoms with E-state index in [2.05, 4.69) is 43.3 Å². The number of benzene rings is 1. The Labute approximate surface area is 112 Å². The van der Waals surface area contributed by atoms with Gasteiger partial charge >= 0.3 is 0 Å². The van der Waals surface area contributed by atoms with Gasteiger partial charge in [-0.05, 0) is 34.7 Å². The van der Waals surface area contributed by atoms with Gasteiger partial charge in [-0.1, -0.05) is 12.1 Å². The first-order valence-electron chi connectivity index (χ1n) is 5.32. The van der Waals surface area contributed by atoms with E-state index in [-0.39, 0.29) is 0 Å². The van der Waals surface area contributed by atoms with Crippen LogP contribution in [0.15, 0.2) is 36.7 Å². The van der Waals surface area contributed by atoms with Gasteiger partial charge < -0.3 is 4.57 Å². The Balaban J connectivity index is 2.03. The monoisotopic (exact) mass is 338 g/mol. The summed E-state index contributed by atoms with van der Waals surface area (Å²) in [6.07, 6.45) is 3.86. The minimum absolute atomic E-state index is 0.703. The van der Waals surface area contributed by atoms with E-state index < -0.39 is 0 Å². The summed E-state index contributed by atoms with van der Waals surface area (Å²) in [5.41, 5.74) is 2.19. The minimum Gasteiger partial charge on any atom is -0.330 e. The van der Waals surface area contributed by atoms with Crippen molar-refractivity contribution in [2.24, 2.45) is 7.05 Å². The normalized spacial score (nSPS) is 11.2. The Morgan fingerprint density at radius 3 is 2.82 bits per heavy atom. The second-order valence-corrected chi connectivity index (χ2v) is 5.18. The van der Waals surface area contributed by atoms with Crippen molar-refractivity contribution in [2.45, 2.75) is 6.54 Å². The van der Waals surface area contributed by atoms with Gasteiger partial charge in [0.25, 0.3) is 0 Å². The SMILES string of the molecule is Cn1c(Cn2cc(I)cn2)nc2ccccc21. The molecule has 0 fully saturated rings. The van der Waals surface area contributed by atoms with Crippen molar-refractivity contribution in [1.82, 2.24) is 19.3 Å². The van der Waals surface area contributed by atoms with Crippen LogP contribution in [0.25, 0.3) is 11.0 Å². The molecular weight excluding hydrogens is 327 g/mol. The first kappa shape index (κ1) is 10.8. The topological polar surface area (TPSA) is 35.6 Å². The van der Waals surface area contributed by atoms with Gasteiger partial charge in [0.05, 0.1) is 27.3 Å². The number of hydrogen-bond acceptors (Lipinski definition) is 2. The molecule has 0 spiro atoms. The fourth-order valence-corrected chi connectivity index (χ4v) is 2.35. The zero-order valence-electron chi connectivity index (χ0n) is 9.34. The maximum Gasteiger partial charge on any atom is 0.131 e. The van der Waals surface area contributed by atoms with Crippen molar-refractivity contribution in [3.63, 3.8) is 0 Å². The summed E-state index contributed by atoms with van der Waals surface area (Å²) < 4.78 is 5.16. The van der Waals surface area contributed by atoms with Crippen LogP contribution < -0.4 is 0 Å². The van der Waals surface area contributed by atoms with Crippen LogP contribution in [0.1, 0.15) is 5.82 Å². The molecule has 0 N–H and O–H groups in total. The predicted octanol–water partition coefficient (Wildman–Crippen LogP) is 2.42. The van der Waals surface area contributed by atoms with Gasteiger partial charge in [-0.15, -0.1) is 0 Å². The summed E-state index contributed by atoms with van der Waals surface area (Å²) in [4.78, 5) is 4.62. The number of aryl methyl sites for hydroxylation is 1. The molecule has 17 heavy (non-hydrogen) atoms. The van der Waals surface area contributed by atoms with Gasteiger partial charge in [-0.3, -0.25) is 4.68 Å². The van der Waals surface area contributed by atoms with Crippen molar-refractivity contribution in [2.75, 3.05) is 0 Å². The van der Waals surface area contributed by atoms with E-state index in [1.807, 2.05) is 42.3 Å². The fourth-order valence-electron chi connectivity index (χ4n) is 1.91. The molecule has 86 valence electrons. The van der Waals surface area contributed by atoms with E-state index >= 15 is 0 Å². The molecule has 0 radical (unpaired) electrons. The second-order valence-electron chi connectivity index (χ2n) is 3.93. The summed E-state index contributed by atoms with van der Waals surface area (Å²) >= 11 is 2.26. The molecular formula is C12H11IN4. The predicted molar refractivity (Wildman–Crippen MR) is 74.8 cm³/mol. The Bertz CT molecular complexity index is 668. The molecule has 0 aliphatic carbocycles. The number of fused-ring (bicyclic) bond motifs is 1. The molecule has 0 aliphatic rings. The van der Waals surface area contributed by atoms with E-state index in [0.717, 1.165) is 20.4 Å². The minimum atomic E-state index is 0.703. The number of para-hydroxylation sites is 2. The maximum absolute atomic E-state index is 4.62. The van der Waals surface area contributed by atoms with Crippen molar-refractivity contribution < 1.29 is 0 Å². The highest BCUT2D eigenvalue weighted by molar-refractivity contribution is 14.1. The molecule has 0 saturated carbocycles. The maximum atomic E-state index is 4.62. The van der Waals surface area contributed by atoms with Crippen LogP contribution in [0.4, 0.5) is 0 Å². The molecule has 0 unspecified atom stereocenters. The number of nitrogens with zero attached hydrogens (tertiary/aromatic N) is 4. The van der Waals surface area contributed by atoms with E-state index in [0.29, 0.717) is 6.54 Å². The molecule has 4 nitrogen and oxygen atoms in total. The quantitative estimate of drug-likeness (QED) is 0.673. The molecule has 0 amide bonds. The second kappa shape index (κ2) is 4.14. The summed E-state index contributed by atoms with van der Waals surface area (Å²) in [6.45, 7) is 0.703. The van der Waals surface area contributed by atoms with E-state index in [9.17, 15) is 0 Å². The number of aromatic nitrogens is 4. The van der Waals surface area contributed by atoms with E-state index in [4.69, 9.17) is 0 Å². The van der Waals surface area contributed by atoms with Gasteiger partial charge in [0.2, 0.25) is 0 Å². The lowest BCUT2D eigenvalue weighted by atomic mass is 10.3. The lowest BCUT2D eigenvalue weighted by molar-refractivity contribution is 0.636. The third-order valence-corrected chi connectivity index (χ3v) is 3.34. The Morgan fingerprint density at radius 2 is 2.12 bits per heavy atom. The van der Waals surface area contributed by atoms with Gasteiger partial charge in [-0.25, -0.2) is 4.98 Å². The Kier molecular flexibility index (Phi) is 2.62. The molecule has 0 aliphatic heterocycles. The van der Waals surface area contributed by atoms with E-state index in [1.54, 1.807) is 0 Å². The summed E-state index contributed by atoms with van der Waals surface area (Å²) in [7, 11) is 2.04. The molecule has 0 bridgehead atoms. The fraction of sp³-hybridized carbons (Fsp3) is 0.167. The highest BCUT2D eigenvalue weighted by atomic mass is 127. The van der Waals surface area contributed by atoms with E-state index in [1.165, 1.54) is 0 Å². The van der Waals surface area contributed by atoms with Crippen LogP contribution in [-0.4, -0.2) is 19.3 Å². The molecule has 3 aromatic rings. The lowest BCUT2D eigenvalue weighted by Gasteiger charge is -2.02. The highest BCUT2D eigenvalue weighted by Crippen LogP contribution is 2.15. The van der Waals surface area contributed by atoms with Crippen LogP contribution in [0.3, 0.4) is 0 Å². The Hall–Kier alpha value is -1.37. The molecule has 2 aromatic heterocycles. The summed E-state index contributed by atoms with van der Waals surface area (Å²) in [5, 5.41) is 4.28. The first-order chi connectivity index (χ1) is 8.24. The highest BCUT2D eigenvalue weighted by Gasteiger charge is 2.07. The van der Waals surface area contributed by atoms with Gasteiger partial charge in [0, 0.05) is 13.2 Å². The average molecular weight is 338 g/mol. The largest absolute Gasteiger partial charge is 0.330 e. The van der Waals surface area contributed by atoms with Crippen LogP contribution in [-0.2, 0) is 13.6 Å². The first-order valence-corrected chi connectivity index (χ1v) is 6.40. The zero-order valence-corrected chi connectivity index (χ0v) is 11.5. The van der Waals surface area contributed by atoms with Gasteiger partial charge in [0.1, 0.15) is 5.82 Å². The van der Waals surface area contributed by atoms with Crippen molar-refractivity contribution in [3.05, 3.63) is 46.1 Å². The summed E-state index contributed by atoms with van der Waals surface area (Å²) in [6, 6.07) is 8.16. The van der Waals surface area contributed by atoms with Crippen LogP contribution in [0.5, 0.6) is 0 Å². The molecule has 0 atom stereocenters. The van der Waals surface area contributed by atoms with Crippen molar-refractivity contribution in [1.29, 1.82) is 0 Å². The number of imidazole rings is 1. The van der Waals surface area contributed by atoms with Gasteiger partial charge in [-0.2, -0.15) is 5.10 Å². The van der Waals surface area contributed by atoms with Crippen LogP contribution in [0.2, 0.25) is 0 Å². The third-order valence-electron chi connectivity index (χ3n) is 2.78. The Morgan fingerprint density at radius 1 is 1.29 bits per heavy atom. The van der Waals surface area contributed by atoms with Crippen LogP contribution >= 0.6 is 22.6 Å². The number of hydrogen-bond donors (Lipinski definition) is 0. The standard InChI is InChI=1S/C12H11IN4/c1-16-11-5-3-2-4-10(11)15-12(16)8-17-7-9(13)6-14-17/h2-7H,8H2,1H3.